The van der Waals surface area contributed by atoms with Crippen LogP contribution in [0.4, 0.5) is 11.4 Å². The van der Waals surface area contributed by atoms with E-state index in [1.807, 2.05) is 47.4 Å². The minimum absolute atomic E-state index is 0.0260. The fourth-order valence-corrected chi connectivity index (χ4v) is 3.16. The zero-order chi connectivity index (χ0) is 22.5. The lowest BCUT2D eigenvalue weighted by atomic mass is 10.1. The van der Waals surface area contributed by atoms with Crippen molar-refractivity contribution in [2.45, 2.75) is 46.5 Å². The van der Waals surface area contributed by atoms with Gasteiger partial charge < -0.3 is 20.3 Å². The summed E-state index contributed by atoms with van der Waals surface area (Å²) in [5, 5.41) is 5.96. The first kappa shape index (κ1) is 24.3. The van der Waals surface area contributed by atoms with E-state index in [1.165, 1.54) is 0 Å². The molecule has 0 saturated heterocycles. The second-order valence-electron chi connectivity index (χ2n) is 7.50. The van der Waals surface area contributed by atoms with E-state index in [9.17, 15) is 9.59 Å². The SMILES string of the molecule is CCCCOc1ccc(NC(=O)CNc2cccc(C(=O)N(CCC)CCC)c2)cc1. The van der Waals surface area contributed by atoms with Crippen LogP contribution in [0.25, 0.3) is 0 Å². The summed E-state index contributed by atoms with van der Waals surface area (Å²) in [6.45, 7) is 8.56. The van der Waals surface area contributed by atoms with Crippen LogP contribution in [0.15, 0.2) is 48.5 Å². The third kappa shape index (κ3) is 8.32. The highest BCUT2D eigenvalue weighted by Gasteiger charge is 2.14. The van der Waals surface area contributed by atoms with Gasteiger partial charge >= 0.3 is 0 Å². The van der Waals surface area contributed by atoms with Gasteiger partial charge in [0.2, 0.25) is 5.91 Å². The Kier molecular flexibility index (Phi) is 10.4. The number of hydrogen-bond donors (Lipinski definition) is 2. The molecule has 0 aromatic heterocycles. The Morgan fingerprint density at radius 3 is 2.26 bits per heavy atom. The number of benzene rings is 2. The van der Waals surface area contributed by atoms with Crippen molar-refractivity contribution >= 4 is 23.2 Å². The normalized spacial score (nSPS) is 10.4. The van der Waals surface area contributed by atoms with Gasteiger partial charge in [-0.25, -0.2) is 0 Å². The first-order valence-electron chi connectivity index (χ1n) is 11.2. The van der Waals surface area contributed by atoms with Crippen molar-refractivity contribution < 1.29 is 14.3 Å². The van der Waals surface area contributed by atoms with E-state index in [1.54, 1.807) is 6.07 Å². The minimum atomic E-state index is -0.157. The number of nitrogens with zero attached hydrogens (tertiary/aromatic N) is 1. The number of carbonyl (C=O) groups excluding carboxylic acids is 2. The van der Waals surface area contributed by atoms with E-state index in [0.29, 0.717) is 17.9 Å². The van der Waals surface area contributed by atoms with Gasteiger partial charge in [-0.1, -0.05) is 33.3 Å². The van der Waals surface area contributed by atoms with Crippen LogP contribution < -0.4 is 15.4 Å². The molecule has 0 spiro atoms. The Bertz CT molecular complexity index is 815. The molecule has 0 aliphatic carbocycles. The number of unbranched alkanes of at least 4 members (excludes halogenated alkanes) is 1. The molecule has 2 aromatic carbocycles. The van der Waals surface area contributed by atoms with Gasteiger partial charge in [-0.2, -0.15) is 0 Å². The van der Waals surface area contributed by atoms with Crippen molar-refractivity contribution in [1.82, 2.24) is 4.90 Å². The van der Waals surface area contributed by atoms with Gasteiger partial charge in [0, 0.05) is 30.0 Å². The highest BCUT2D eigenvalue weighted by atomic mass is 16.5. The molecule has 6 heteroatoms. The second-order valence-corrected chi connectivity index (χ2v) is 7.50. The average Bonchev–Trinajstić information content (AvgIpc) is 2.78. The van der Waals surface area contributed by atoms with E-state index >= 15 is 0 Å². The van der Waals surface area contributed by atoms with Crippen molar-refractivity contribution in [2.24, 2.45) is 0 Å². The molecule has 0 aliphatic heterocycles. The Morgan fingerprint density at radius 2 is 1.61 bits per heavy atom. The number of rotatable bonds is 13. The highest BCUT2D eigenvalue weighted by molar-refractivity contribution is 5.96. The standard InChI is InChI=1S/C25H35N3O3/c1-4-7-17-31-23-13-11-21(12-14-23)27-24(29)19-26-22-10-8-9-20(18-22)25(30)28(15-5-2)16-6-3/h8-14,18,26H,4-7,15-17,19H2,1-3H3,(H,27,29). The van der Waals surface area contributed by atoms with Crippen LogP contribution in [0.2, 0.25) is 0 Å². The maximum absolute atomic E-state index is 12.8. The number of hydrogen-bond acceptors (Lipinski definition) is 4. The van der Waals surface area contributed by atoms with E-state index in [4.69, 9.17) is 4.74 Å². The molecule has 0 saturated carbocycles. The molecule has 2 N–H and O–H groups in total. The number of carbonyl (C=O) groups is 2. The van der Waals surface area contributed by atoms with E-state index in [-0.39, 0.29) is 18.4 Å². The van der Waals surface area contributed by atoms with Crippen LogP contribution in [0.3, 0.4) is 0 Å². The first-order chi connectivity index (χ1) is 15.1. The molecule has 0 bridgehead atoms. The number of nitrogens with one attached hydrogen (secondary N) is 2. The molecule has 2 rings (SSSR count). The summed E-state index contributed by atoms with van der Waals surface area (Å²) in [4.78, 5) is 27.0. The Labute approximate surface area is 186 Å². The van der Waals surface area contributed by atoms with Gasteiger partial charge in [-0.15, -0.1) is 0 Å². The summed E-state index contributed by atoms with van der Waals surface area (Å²) in [5.41, 5.74) is 2.09. The van der Waals surface area contributed by atoms with Crippen LogP contribution in [0.5, 0.6) is 5.75 Å². The number of ether oxygens (including phenoxy) is 1. The van der Waals surface area contributed by atoms with Gasteiger partial charge in [-0.05, 0) is 61.7 Å². The van der Waals surface area contributed by atoms with Gasteiger partial charge in [0.15, 0.2) is 0 Å². The topological polar surface area (TPSA) is 70.7 Å². The average molecular weight is 426 g/mol. The molecule has 31 heavy (non-hydrogen) atoms. The Hall–Kier alpha value is -3.02. The van der Waals surface area contributed by atoms with Gasteiger partial charge in [0.25, 0.3) is 5.91 Å². The van der Waals surface area contributed by atoms with Crippen LogP contribution in [-0.2, 0) is 4.79 Å². The van der Waals surface area contributed by atoms with E-state index < -0.39 is 0 Å². The maximum atomic E-state index is 12.8. The predicted molar refractivity (Wildman–Crippen MR) is 127 cm³/mol. The molecular weight excluding hydrogens is 390 g/mol. The first-order valence-corrected chi connectivity index (χ1v) is 11.2. The lowest BCUT2D eigenvalue weighted by molar-refractivity contribution is -0.114. The summed E-state index contributed by atoms with van der Waals surface area (Å²) in [6, 6.07) is 14.7. The highest BCUT2D eigenvalue weighted by Crippen LogP contribution is 2.17. The lowest BCUT2D eigenvalue weighted by Crippen LogP contribution is -2.32. The lowest BCUT2D eigenvalue weighted by Gasteiger charge is -2.21. The van der Waals surface area contributed by atoms with Crippen LogP contribution in [0.1, 0.15) is 56.8 Å². The molecule has 0 atom stereocenters. The predicted octanol–water partition coefficient (Wildman–Crippen LogP) is 5.18. The molecule has 2 aromatic rings. The van der Waals surface area contributed by atoms with E-state index in [0.717, 1.165) is 50.2 Å². The zero-order valence-corrected chi connectivity index (χ0v) is 18.9. The summed E-state index contributed by atoms with van der Waals surface area (Å²) >= 11 is 0. The van der Waals surface area contributed by atoms with Crippen molar-refractivity contribution in [1.29, 1.82) is 0 Å². The Balaban J connectivity index is 1.87. The molecule has 0 radical (unpaired) electrons. The van der Waals surface area contributed by atoms with Crippen LogP contribution in [0, 0.1) is 0 Å². The fourth-order valence-electron chi connectivity index (χ4n) is 3.16. The molecule has 2 amide bonds. The Morgan fingerprint density at radius 1 is 0.903 bits per heavy atom. The summed E-state index contributed by atoms with van der Waals surface area (Å²) in [7, 11) is 0. The molecule has 168 valence electrons. The maximum Gasteiger partial charge on any atom is 0.253 e. The molecule has 6 nitrogen and oxygen atoms in total. The van der Waals surface area contributed by atoms with Crippen molar-refractivity contribution in [2.75, 3.05) is 36.9 Å². The second kappa shape index (κ2) is 13.3. The van der Waals surface area contributed by atoms with Crippen LogP contribution >= 0.6 is 0 Å². The summed E-state index contributed by atoms with van der Waals surface area (Å²) in [6.07, 6.45) is 3.96. The smallest absolute Gasteiger partial charge is 0.253 e. The zero-order valence-electron chi connectivity index (χ0n) is 18.9. The van der Waals surface area contributed by atoms with Gasteiger partial charge in [0.1, 0.15) is 5.75 Å². The third-order valence-corrected chi connectivity index (χ3v) is 4.74. The molecule has 0 heterocycles. The molecule has 0 aliphatic rings. The number of amides is 2. The molecule has 0 unspecified atom stereocenters. The van der Waals surface area contributed by atoms with Crippen LogP contribution in [-0.4, -0.2) is 43.0 Å². The van der Waals surface area contributed by atoms with E-state index in [2.05, 4.69) is 31.4 Å². The number of anilines is 2. The minimum Gasteiger partial charge on any atom is -0.494 e. The van der Waals surface area contributed by atoms with Gasteiger partial charge in [-0.3, -0.25) is 9.59 Å². The van der Waals surface area contributed by atoms with Crippen molar-refractivity contribution in [3.05, 3.63) is 54.1 Å². The summed E-state index contributed by atoms with van der Waals surface area (Å²) < 4.78 is 5.63. The third-order valence-electron chi connectivity index (χ3n) is 4.74. The summed E-state index contributed by atoms with van der Waals surface area (Å²) in [5.74, 6) is 0.666. The molecule has 0 fully saturated rings. The monoisotopic (exact) mass is 425 g/mol. The van der Waals surface area contributed by atoms with Crippen molar-refractivity contribution in [3.8, 4) is 5.75 Å². The molecular formula is C25H35N3O3. The largest absolute Gasteiger partial charge is 0.494 e. The van der Waals surface area contributed by atoms with Crippen molar-refractivity contribution in [3.63, 3.8) is 0 Å². The fraction of sp³-hybridized carbons (Fsp3) is 0.440. The van der Waals surface area contributed by atoms with Gasteiger partial charge in [0.05, 0.1) is 13.2 Å². The quantitative estimate of drug-likeness (QED) is 0.434.